The molecule has 0 heterocycles. The van der Waals surface area contributed by atoms with Crippen molar-refractivity contribution in [2.75, 3.05) is 0 Å². The summed E-state index contributed by atoms with van der Waals surface area (Å²) in [7, 11) is 0. The van der Waals surface area contributed by atoms with Gasteiger partial charge in [-0.1, -0.05) is 55.5 Å². The molecule has 0 aromatic heterocycles. The Balaban J connectivity index is 2.12. The van der Waals surface area contributed by atoms with Gasteiger partial charge < -0.3 is 0 Å². The van der Waals surface area contributed by atoms with Crippen LogP contribution in [0.15, 0.2) is 54.6 Å². The molecule has 0 nitrogen and oxygen atoms in total. The van der Waals surface area contributed by atoms with Crippen LogP contribution in [-0.4, -0.2) is 0 Å². The van der Waals surface area contributed by atoms with E-state index >= 15 is 0 Å². The predicted molar refractivity (Wildman–Crippen MR) is 72.9 cm³/mol. The molecule has 2 rings (SSSR count). The summed E-state index contributed by atoms with van der Waals surface area (Å²) in [6.45, 7) is 2.20. The number of hydrogen-bond acceptors (Lipinski definition) is 0. The van der Waals surface area contributed by atoms with Gasteiger partial charge in [0, 0.05) is 11.1 Å². The first-order chi connectivity index (χ1) is 8.38. The molecule has 0 N–H and O–H groups in total. The Kier molecular flexibility index (Phi) is 4.00. The van der Waals surface area contributed by atoms with Crippen molar-refractivity contribution in [2.24, 2.45) is 0 Å². The van der Waals surface area contributed by atoms with E-state index < -0.39 is 0 Å². The van der Waals surface area contributed by atoms with Crippen LogP contribution in [0.3, 0.4) is 0 Å². The van der Waals surface area contributed by atoms with E-state index in [0.29, 0.717) is 0 Å². The van der Waals surface area contributed by atoms with Crippen LogP contribution in [0.2, 0.25) is 0 Å². The molecule has 2 aromatic carbocycles. The molecule has 0 amide bonds. The van der Waals surface area contributed by atoms with Crippen LogP contribution in [-0.2, 0) is 6.42 Å². The quantitative estimate of drug-likeness (QED) is 0.670. The van der Waals surface area contributed by atoms with E-state index in [0.717, 1.165) is 17.5 Å². The molecule has 0 saturated carbocycles. The molecule has 0 aliphatic carbocycles. The molecule has 0 bridgehead atoms. The van der Waals surface area contributed by atoms with E-state index in [9.17, 15) is 0 Å². The molecule has 0 fully saturated rings. The summed E-state index contributed by atoms with van der Waals surface area (Å²) >= 11 is 0. The molecule has 0 unspecified atom stereocenters. The zero-order valence-electron chi connectivity index (χ0n) is 10.1. The van der Waals surface area contributed by atoms with Crippen molar-refractivity contribution in [1.29, 1.82) is 0 Å². The molecule has 0 spiro atoms. The van der Waals surface area contributed by atoms with Crippen molar-refractivity contribution in [3.05, 3.63) is 71.3 Å². The lowest BCUT2D eigenvalue weighted by Crippen LogP contribution is -1.83. The zero-order valence-corrected chi connectivity index (χ0v) is 10.1. The molecule has 0 saturated heterocycles. The van der Waals surface area contributed by atoms with Gasteiger partial charge in [-0.15, -0.1) is 0 Å². The first-order valence-electron chi connectivity index (χ1n) is 6.04. The highest BCUT2D eigenvalue weighted by Gasteiger charge is 1.91. The standard InChI is InChI=1S/C17H16/c1-2-6-15-9-12-17(13-10-15)14-11-16-7-4-3-5-8-16/h3-5,7-10,12-13H,2,6H2,1H3. The maximum atomic E-state index is 3.18. The van der Waals surface area contributed by atoms with Gasteiger partial charge in [-0.05, 0) is 36.2 Å². The molecule has 0 atom stereocenters. The first kappa shape index (κ1) is 11.5. The highest BCUT2D eigenvalue weighted by Crippen LogP contribution is 2.06. The average molecular weight is 220 g/mol. The van der Waals surface area contributed by atoms with Crippen LogP contribution < -0.4 is 0 Å². The van der Waals surface area contributed by atoms with E-state index in [4.69, 9.17) is 0 Å². The normalized spacial score (nSPS) is 9.47. The largest absolute Gasteiger partial charge is 0.0651 e. The van der Waals surface area contributed by atoms with Gasteiger partial charge in [-0.3, -0.25) is 0 Å². The van der Waals surface area contributed by atoms with E-state index in [-0.39, 0.29) is 0 Å². The van der Waals surface area contributed by atoms with E-state index in [2.05, 4.69) is 43.0 Å². The third-order valence-corrected chi connectivity index (χ3v) is 2.62. The van der Waals surface area contributed by atoms with Crippen molar-refractivity contribution in [2.45, 2.75) is 19.8 Å². The van der Waals surface area contributed by atoms with Crippen molar-refractivity contribution < 1.29 is 0 Å². The summed E-state index contributed by atoms with van der Waals surface area (Å²) in [4.78, 5) is 0. The molecular formula is C17H16. The van der Waals surface area contributed by atoms with Gasteiger partial charge in [-0.2, -0.15) is 0 Å². The Morgan fingerprint density at radius 2 is 1.35 bits per heavy atom. The van der Waals surface area contributed by atoms with Gasteiger partial charge in [0.15, 0.2) is 0 Å². The van der Waals surface area contributed by atoms with Gasteiger partial charge in [0.2, 0.25) is 0 Å². The molecule has 2 aromatic rings. The minimum absolute atomic E-state index is 1.06. The zero-order chi connectivity index (χ0) is 11.9. The summed E-state index contributed by atoms with van der Waals surface area (Å²) in [6.07, 6.45) is 2.33. The maximum Gasteiger partial charge on any atom is 0.0249 e. The Morgan fingerprint density at radius 1 is 0.765 bits per heavy atom. The fourth-order valence-corrected chi connectivity index (χ4v) is 1.71. The first-order valence-corrected chi connectivity index (χ1v) is 6.04. The second kappa shape index (κ2) is 5.92. The minimum atomic E-state index is 1.06. The number of rotatable bonds is 2. The summed E-state index contributed by atoms with van der Waals surface area (Å²) < 4.78 is 0. The molecule has 0 radical (unpaired) electrons. The van der Waals surface area contributed by atoms with Crippen molar-refractivity contribution in [3.8, 4) is 11.8 Å². The summed E-state index contributed by atoms with van der Waals surface area (Å²) in [5.74, 6) is 6.34. The Bertz CT molecular complexity index is 509. The smallest absolute Gasteiger partial charge is 0.0249 e. The second-order valence-electron chi connectivity index (χ2n) is 4.06. The minimum Gasteiger partial charge on any atom is -0.0651 e. The van der Waals surface area contributed by atoms with Gasteiger partial charge >= 0.3 is 0 Å². The van der Waals surface area contributed by atoms with Gasteiger partial charge in [-0.25, -0.2) is 0 Å². The van der Waals surface area contributed by atoms with Crippen LogP contribution in [0.5, 0.6) is 0 Å². The van der Waals surface area contributed by atoms with Crippen molar-refractivity contribution in [1.82, 2.24) is 0 Å². The maximum absolute atomic E-state index is 3.18. The highest BCUT2D eigenvalue weighted by atomic mass is 14.0. The monoisotopic (exact) mass is 220 g/mol. The lowest BCUT2D eigenvalue weighted by atomic mass is 10.1. The summed E-state index contributed by atoms with van der Waals surface area (Å²) in [5, 5.41) is 0. The highest BCUT2D eigenvalue weighted by molar-refractivity contribution is 5.43. The SMILES string of the molecule is CCCc1ccc(C#Cc2ccccc2)cc1. The number of benzene rings is 2. The molecule has 0 aliphatic heterocycles. The topological polar surface area (TPSA) is 0 Å². The van der Waals surface area contributed by atoms with Crippen molar-refractivity contribution >= 4 is 0 Å². The number of hydrogen-bond donors (Lipinski definition) is 0. The third-order valence-electron chi connectivity index (χ3n) is 2.62. The molecule has 84 valence electrons. The molecule has 17 heavy (non-hydrogen) atoms. The van der Waals surface area contributed by atoms with E-state index in [1.54, 1.807) is 0 Å². The van der Waals surface area contributed by atoms with Crippen LogP contribution in [0.25, 0.3) is 0 Å². The number of aryl methyl sites for hydroxylation is 1. The fraction of sp³-hybridized carbons (Fsp3) is 0.176. The van der Waals surface area contributed by atoms with E-state index in [1.807, 2.05) is 30.3 Å². The molecular weight excluding hydrogens is 204 g/mol. The van der Waals surface area contributed by atoms with Crippen LogP contribution in [0.4, 0.5) is 0 Å². The lowest BCUT2D eigenvalue weighted by Gasteiger charge is -1.97. The third kappa shape index (κ3) is 3.50. The fourth-order valence-electron chi connectivity index (χ4n) is 1.71. The summed E-state index contributed by atoms with van der Waals surface area (Å²) in [5.41, 5.74) is 3.52. The Hall–Kier alpha value is -2.00. The van der Waals surface area contributed by atoms with Crippen LogP contribution in [0.1, 0.15) is 30.0 Å². The predicted octanol–water partition coefficient (Wildman–Crippen LogP) is 4.04. The van der Waals surface area contributed by atoms with E-state index in [1.165, 1.54) is 12.0 Å². The Labute approximate surface area is 103 Å². The van der Waals surface area contributed by atoms with Crippen LogP contribution >= 0.6 is 0 Å². The average Bonchev–Trinajstić information content (AvgIpc) is 2.40. The Morgan fingerprint density at radius 3 is 1.94 bits per heavy atom. The summed E-state index contributed by atoms with van der Waals surface area (Å²) in [6, 6.07) is 18.6. The van der Waals surface area contributed by atoms with Crippen LogP contribution in [0, 0.1) is 11.8 Å². The molecule has 0 heteroatoms. The second-order valence-corrected chi connectivity index (χ2v) is 4.06. The van der Waals surface area contributed by atoms with Gasteiger partial charge in [0.25, 0.3) is 0 Å². The van der Waals surface area contributed by atoms with Crippen molar-refractivity contribution in [3.63, 3.8) is 0 Å². The van der Waals surface area contributed by atoms with Gasteiger partial charge in [0.1, 0.15) is 0 Å². The van der Waals surface area contributed by atoms with Gasteiger partial charge in [0.05, 0.1) is 0 Å². The lowest BCUT2D eigenvalue weighted by molar-refractivity contribution is 0.922. The molecule has 0 aliphatic rings.